The summed E-state index contributed by atoms with van der Waals surface area (Å²) in [5.41, 5.74) is 2.58. The molecule has 4 aromatic rings. The number of carbonyl (C=O) groups excluding carboxylic acids is 2. The maximum Gasteiger partial charge on any atom is 0.291 e. The summed E-state index contributed by atoms with van der Waals surface area (Å²) in [5, 5.41) is 7.85. The van der Waals surface area contributed by atoms with E-state index in [1.54, 1.807) is 30.3 Å². The molecule has 0 bridgehead atoms. The molecule has 138 valence electrons. The normalized spacial score (nSPS) is 10.6. The van der Waals surface area contributed by atoms with Crippen LogP contribution in [-0.2, 0) is 0 Å². The minimum absolute atomic E-state index is 0.213. The Morgan fingerprint density at radius 2 is 1.61 bits per heavy atom. The van der Waals surface area contributed by atoms with Crippen LogP contribution in [0.15, 0.2) is 83.5 Å². The summed E-state index contributed by atoms with van der Waals surface area (Å²) in [6.07, 6.45) is 1.44. The summed E-state index contributed by atoms with van der Waals surface area (Å²) in [6, 6.07) is 22.1. The third-order valence-electron chi connectivity index (χ3n) is 4.50. The number of anilines is 2. The van der Waals surface area contributed by atoms with E-state index >= 15 is 0 Å². The highest BCUT2D eigenvalue weighted by molar-refractivity contribution is 6.07. The van der Waals surface area contributed by atoms with Gasteiger partial charge in [-0.1, -0.05) is 36.4 Å². The second-order valence-corrected chi connectivity index (χ2v) is 6.48. The number of benzene rings is 3. The van der Waals surface area contributed by atoms with Crippen LogP contribution in [0.25, 0.3) is 10.8 Å². The van der Waals surface area contributed by atoms with Crippen LogP contribution in [0.1, 0.15) is 26.5 Å². The maximum absolute atomic E-state index is 12.7. The molecule has 0 unspecified atom stereocenters. The molecule has 0 spiro atoms. The first-order chi connectivity index (χ1) is 13.6. The van der Waals surface area contributed by atoms with Crippen LogP contribution in [0, 0.1) is 6.92 Å². The molecule has 0 atom stereocenters. The van der Waals surface area contributed by atoms with Gasteiger partial charge in [0.25, 0.3) is 11.8 Å². The molecule has 5 nitrogen and oxygen atoms in total. The molecule has 2 amide bonds. The number of hydrogen-bond acceptors (Lipinski definition) is 3. The highest BCUT2D eigenvalue weighted by Crippen LogP contribution is 2.22. The molecular weight excluding hydrogens is 352 g/mol. The predicted molar refractivity (Wildman–Crippen MR) is 110 cm³/mol. The average Bonchev–Trinajstić information content (AvgIpc) is 3.24. The fraction of sp³-hybridized carbons (Fsp3) is 0.0435. The van der Waals surface area contributed by atoms with Crippen molar-refractivity contribution in [2.75, 3.05) is 10.6 Å². The number of amides is 2. The Kier molecular flexibility index (Phi) is 4.64. The SMILES string of the molecule is Cc1ccc(C(=O)Nc2ccc3ccccc3c2)cc1NC(=O)c1ccco1. The van der Waals surface area contributed by atoms with E-state index in [1.807, 2.05) is 49.4 Å². The minimum Gasteiger partial charge on any atom is -0.459 e. The minimum atomic E-state index is -0.361. The zero-order chi connectivity index (χ0) is 19.5. The molecule has 1 aromatic heterocycles. The standard InChI is InChI=1S/C23H18N2O3/c1-15-8-9-18(14-20(15)25-23(27)21-7-4-12-28-21)22(26)24-19-11-10-16-5-2-3-6-17(16)13-19/h2-14H,1H3,(H,24,26)(H,25,27). The Morgan fingerprint density at radius 3 is 2.39 bits per heavy atom. The van der Waals surface area contributed by atoms with Crippen LogP contribution >= 0.6 is 0 Å². The van der Waals surface area contributed by atoms with E-state index < -0.39 is 0 Å². The van der Waals surface area contributed by atoms with Crippen molar-refractivity contribution in [3.05, 3.63) is 95.9 Å². The average molecular weight is 370 g/mol. The zero-order valence-electron chi connectivity index (χ0n) is 15.2. The lowest BCUT2D eigenvalue weighted by atomic mass is 10.1. The lowest BCUT2D eigenvalue weighted by molar-refractivity contribution is 0.0993. The van der Waals surface area contributed by atoms with Gasteiger partial charge in [0.15, 0.2) is 5.76 Å². The van der Waals surface area contributed by atoms with Gasteiger partial charge >= 0.3 is 0 Å². The Hall–Kier alpha value is -3.86. The fourth-order valence-corrected chi connectivity index (χ4v) is 2.96. The fourth-order valence-electron chi connectivity index (χ4n) is 2.96. The molecule has 4 rings (SSSR count). The van der Waals surface area contributed by atoms with Crippen LogP contribution < -0.4 is 10.6 Å². The number of furan rings is 1. The molecule has 0 saturated carbocycles. The van der Waals surface area contributed by atoms with E-state index in [9.17, 15) is 9.59 Å². The number of aryl methyl sites for hydroxylation is 1. The van der Waals surface area contributed by atoms with Gasteiger partial charge in [-0.15, -0.1) is 0 Å². The molecule has 1 heterocycles. The Bertz CT molecular complexity index is 1160. The number of carbonyl (C=O) groups is 2. The largest absolute Gasteiger partial charge is 0.459 e. The van der Waals surface area contributed by atoms with Gasteiger partial charge in [-0.2, -0.15) is 0 Å². The van der Waals surface area contributed by atoms with E-state index in [1.165, 1.54) is 6.26 Å². The van der Waals surface area contributed by atoms with E-state index in [0.717, 1.165) is 16.3 Å². The lowest BCUT2D eigenvalue weighted by Gasteiger charge is -2.11. The van der Waals surface area contributed by atoms with E-state index in [0.29, 0.717) is 16.9 Å². The van der Waals surface area contributed by atoms with Crippen molar-refractivity contribution in [3.8, 4) is 0 Å². The number of rotatable bonds is 4. The molecule has 0 radical (unpaired) electrons. The molecule has 28 heavy (non-hydrogen) atoms. The summed E-state index contributed by atoms with van der Waals surface area (Å²) >= 11 is 0. The van der Waals surface area contributed by atoms with Crippen molar-refractivity contribution in [2.24, 2.45) is 0 Å². The molecule has 0 aliphatic rings. The molecule has 2 N–H and O–H groups in total. The van der Waals surface area contributed by atoms with Gasteiger partial charge in [0.05, 0.1) is 6.26 Å². The summed E-state index contributed by atoms with van der Waals surface area (Å²) in [4.78, 5) is 24.9. The monoisotopic (exact) mass is 370 g/mol. The summed E-state index contributed by atoms with van der Waals surface area (Å²) in [5.74, 6) is -0.394. The molecular formula is C23H18N2O3. The predicted octanol–water partition coefficient (Wildman–Crippen LogP) is 5.25. The van der Waals surface area contributed by atoms with Crippen LogP contribution in [0.4, 0.5) is 11.4 Å². The van der Waals surface area contributed by atoms with Crippen LogP contribution in [0.5, 0.6) is 0 Å². The Labute approximate surface area is 162 Å². The molecule has 0 aliphatic carbocycles. The maximum atomic E-state index is 12.7. The molecule has 0 aliphatic heterocycles. The van der Waals surface area contributed by atoms with Crippen molar-refractivity contribution in [1.29, 1.82) is 0 Å². The summed E-state index contributed by atoms with van der Waals surface area (Å²) in [7, 11) is 0. The number of nitrogens with one attached hydrogen (secondary N) is 2. The smallest absolute Gasteiger partial charge is 0.291 e. The second-order valence-electron chi connectivity index (χ2n) is 6.48. The van der Waals surface area contributed by atoms with Gasteiger partial charge < -0.3 is 15.1 Å². The quantitative estimate of drug-likeness (QED) is 0.516. The highest BCUT2D eigenvalue weighted by Gasteiger charge is 2.13. The van der Waals surface area contributed by atoms with E-state index in [-0.39, 0.29) is 17.6 Å². The molecule has 0 fully saturated rings. The van der Waals surface area contributed by atoms with Gasteiger partial charge in [-0.3, -0.25) is 9.59 Å². The molecule has 3 aromatic carbocycles. The van der Waals surface area contributed by atoms with Gasteiger partial charge in [-0.25, -0.2) is 0 Å². The highest BCUT2D eigenvalue weighted by atomic mass is 16.3. The van der Waals surface area contributed by atoms with Crippen molar-refractivity contribution in [3.63, 3.8) is 0 Å². The Morgan fingerprint density at radius 1 is 0.786 bits per heavy atom. The first-order valence-electron chi connectivity index (χ1n) is 8.86. The van der Waals surface area contributed by atoms with Crippen molar-refractivity contribution in [2.45, 2.75) is 6.92 Å². The third-order valence-corrected chi connectivity index (χ3v) is 4.50. The second kappa shape index (κ2) is 7.40. The topological polar surface area (TPSA) is 71.3 Å². The van der Waals surface area contributed by atoms with Crippen molar-refractivity contribution in [1.82, 2.24) is 0 Å². The van der Waals surface area contributed by atoms with Gasteiger partial charge in [-0.05, 0) is 59.7 Å². The first kappa shape index (κ1) is 17.5. The van der Waals surface area contributed by atoms with Crippen molar-refractivity contribution < 1.29 is 14.0 Å². The third kappa shape index (κ3) is 3.64. The van der Waals surface area contributed by atoms with Gasteiger partial charge in [0.2, 0.25) is 0 Å². The van der Waals surface area contributed by atoms with Crippen LogP contribution in [0.3, 0.4) is 0 Å². The number of hydrogen-bond donors (Lipinski definition) is 2. The number of fused-ring (bicyclic) bond motifs is 1. The van der Waals surface area contributed by atoms with Crippen molar-refractivity contribution >= 4 is 34.0 Å². The molecule has 5 heteroatoms. The van der Waals surface area contributed by atoms with E-state index in [2.05, 4.69) is 10.6 Å². The van der Waals surface area contributed by atoms with Gasteiger partial charge in [0.1, 0.15) is 0 Å². The van der Waals surface area contributed by atoms with E-state index in [4.69, 9.17) is 4.42 Å². The lowest BCUT2D eigenvalue weighted by Crippen LogP contribution is -2.15. The zero-order valence-corrected chi connectivity index (χ0v) is 15.2. The summed E-state index contributed by atoms with van der Waals surface area (Å²) in [6.45, 7) is 1.86. The summed E-state index contributed by atoms with van der Waals surface area (Å²) < 4.78 is 5.11. The Balaban J connectivity index is 1.54. The van der Waals surface area contributed by atoms with Gasteiger partial charge in [0, 0.05) is 16.9 Å². The van der Waals surface area contributed by atoms with Crippen LogP contribution in [0.2, 0.25) is 0 Å². The van der Waals surface area contributed by atoms with Crippen LogP contribution in [-0.4, -0.2) is 11.8 Å². The molecule has 0 saturated heterocycles. The first-order valence-corrected chi connectivity index (χ1v) is 8.86.